The fourth-order valence-electron chi connectivity index (χ4n) is 2.49. The van der Waals surface area contributed by atoms with E-state index in [1.165, 1.54) is 0 Å². The maximum absolute atomic E-state index is 12.5. The summed E-state index contributed by atoms with van der Waals surface area (Å²) in [7, 11) is 0. The van der Waals surface area contributed by atoms with Crippen LogP contribution < -0.4 is 15.4 Å². The molecule has 1 aliphatic rings. The summed E-state index contributed by atoms with van der Waals surface area (Å²) in [5.74, 6) is -1.05. The molecule has 9 heteroatoms. The van der Waals surface area contributed by atoms with Crippen LogP contribution >= 0.6 is 34.8 Å². The van der Waals surface area contributed by atoms with Crippen molar-refractivity contribution in [3.8, 4) is 5.75 Å². The summed E-state index contributed by atoms with van der Waals surface area (Å²) in [6, 6.07) is 5.86. The molecule has 2 atom stereocenters. The van der Waals surface area contributed by atoms with Crippen LogP contribution in [0.5, 0.6) is 5.75 Å². The van der Waals surface area contributed by atoms with E-state index >= 15 is 0 Å². The Kier molecular flexibility index (Phi) is 6.43. The highest BCUT2D eigenvalue weighted by atomic mass is 35.6. The second-order valence-corrected chi connectivity index (χ2v) is 7.79. The molecule has 2 unspecified atom stereocenters. The molecular formula is C16H17Cl3N2O4. The molecule has 1 aliphatic heterocycles. The molecule has 0 aliphatic carbocycles. The number of alkyl halides is 3. The molecule has 2 rings (SSSR count). The highest BCUT2D eigenvalue weighted by molar-refractivity contribution is 6.67. The van der Waals surface area contributed by atoms with Crippen molar-refractivity contribution < 1.29 is 19.1 Å². The van der Waals surface area contributed by atoms with E-state index in [0.29, 0.717) is 17.9 Å². The summed E-state index contributed by atoms with van der Waals surface area (Å²) in [4.78, 5) is 24.4. The maximum Gasteiger partial charge on any atom is 0.319 e. The van der Waals surface area contributed by atoms with Crippen molar-refractivity contribution in [2.75, 3.05) is 13.2 Å². The van der Waals surface area contributed by atoms with Crippen LogP contribution in [0.2, 0.25) is 0 Å². The molecule has 25 heavy (non-hydrogen) atoms. The molecule has 136 valence electrons. The Morgan fingerprint density at radius 3 is 2.64 bits per heavy atom. The molecule has 1 aromatic carbocycles. The second kappa shape index (κ2) is 8.17. The number of carbonyl (C=O) groups excluding carboxylic acids is 2. The Morgan fingerprint density at radius 1 is 1.32 bits per heavy atom. The zero-order chi connectivity index (χ0) is 18.6. The van der Waals surface area contributed by atoms with Crippen molar-refractivity contribution in [2.24, 2.45) is 5.92 Å². The lowest BCUT2D eigenvalue weighted by atomic mass is 9.88. The predicted octanol–water partition coefficient (Wildman–Crippen LogP) is 3.48. The molecule has 1 fully saturated rings. The molecule has 2 amide bonds. The third-order valence-electron chi connectivity index (χ3n) is 3.46. The number of para-hydroxylation sites is 1. The summed E-state index contributed by atoms with van der Waals surface area (Å²) in [5, 5.41) is 5.17. The van der Waals surface area contributed by atoms with Crippen molar-refractivity contribution in [3.63, 3.8) is 0 Å². The van der Waals surface area contributed by atoms with Gasteiger partial charge in [0.2, 0.25) is 3.79 Å². The quantitative estimate of drug-likeness (QED) is 0.579. The molecule has 1 heterocycles. The lowest BCUT2D eigenvalue weighted by molar-refractivity contribution is -0.148. The minimum absolute atomic E-state index is 0.189. The molecule has 0 bridgehead atoms. The molecule has 0 spiro atoms. The van der Waals surface area contributed by atoms with Crippen molar-refractivity contribution >= 4 is 46.8 Å². The summed E-state index contributed by atoms with van der Waals surface area (Å²) >= 11 is 16.9. The van der Waals surface area contributed by atoms with Gasteiger partial charge in [0.15, 0.2) is 0 Å². The topological polar surface area (TPSA) is 76.7 Å². The van der Waals surface area contributed by atoms with Crippen LogP contribution in [0.15, 0.2) is 36.5 Å². The lowest BCUT2D eigenvalue weighted by Gasteiger charge is -2.34. The van der Waals surface area contributed by atoms with E-state index in [9.17, 15) is 9.59 Å². The average Bonchev–Trinajstić information content (AvgIpc) is 2.52. The SMILES string of the molecule is C=C1NC(=O)NC(c2ccccc2OCC)C1C(=O)OCC(Cl)(Cl)Cl. The number of hydrogen-bond donors (Lipinski definition) is 2. The number of rotatable bonds is 5. The van der Waals surface area contributed by atoms with Crippen LogP contribution in [-0.2, 0) is 9.53 Å². The first-order chi connectivity index (χ1) is 11.7. The number of carbonyl (C=O) groups is 2. The minimum atomic E-state index is -1.74. The number of benzene rings is 1. The van der Waals surface area contributed by atoms with Gasteiger partial charge >= 0.3 is 12.0 Å². The monoisotopic (exact) mass is 406 g/mol. The first kappa shape index (κ1) is 19.7. The van der Waals surface area contributed by atoms with Gasteiger partial charge in [0, 0.05) is 11.3 Å². The Hall–Kier alpha value is -1.63. The summed E-state index contributed by atoms with van der Waals surface area (Å²) < 4.78 is 8.93. The van der Waals surface area contributed by atoms with E-state index in [4.69, 9.17) is 44.3 Å². The van der Waals surface area contributed by atoms with Gasteiger partial charge in [-0.1, -0.05) is 59.6 Å². The molecular weight excluding hydrogens is 391 g/mol. The van der Waals surface area contributed by atoms with Gasteiger partial charge in [-0.15, -0.1) is 0 Å². The minimum Gasteiger partial charge on any atom is -0.494 e. The second-order valence-electron chi connectivity index (χ2n) is 5.27. The number of amides is 2. The number of esters is 1. The Balaban J connectivity index is 2.33. The first-order valence-electron chi connectivity index (χ1n) is 7.44. The van der Waals surface area contributed by atoms with E-state index < -0.39 is 34.4 Å². The van der Waals surface area contributed by atoms with Crippen LogP contribution in [0, 0.1) is 5.92 Å². The summed E-state index contributed by atoms with van der Waals surface area (Å²) in [6.45, 7) is 5.59. The van der Waals surface area contributed by atoms with Crippen LogP contribution in [0.1, 0.15) is 18.5 Å². The Bertz CT molecular complexity index is 676. The van der Waals surface area contributed by atoms with E-state index in [1.54, 1.807) is 24.3 Å². The van der Waals surface area contributed by atoms with Gasteiger partial charge in [-0.3, -0.25) is 4.79 Å². The smallest absolute Gasteiger partial charge is 0.319 e. The van der Waals surface area contributed by atoms with Crippen molar-refractivity contribution in [1.82, 2.24) is 10.6 Å². The van der Waals surface area contributed by atoms with Gasteiger partial charge in [-0.25, -0.2) is 4.79 Å². The zero-order valence-electron chi connectivity index (χ0n) is 13.4. The van der Waals surface area contributed by atoms with Gasteiger partial charge in [-0.2, -0.15) is 0 Å². The number of hydrogen-bond acceptors (Lipinski definition) is 4. The lowest BCUT2D eigenvalue weighted by Crippen LogP contribution is -2.51. The van der Waals surface area contributed by atoms with Crippen molar-refractivity contribution in [3.05, 3.63) is 42.1 Å². The maximum atomic E-state index is 12.5. The summed E-state index contributed by atoms with van der Waals surface area (Å²) in [5.41, 5.74) is 0.811. The number of urea groups is 1. The van der Waals surface area contributed by atoms with Crippen LogP contribution in [0.3, 0.4) is 0 Å². The van der Waals surface area contributed by atoms with Gasteiger partial charge in [0.25, 0.3) is 0 Å². The highest BCUT2D eigenvalue weighted by Crippen LogP contribution is 2.36. The standard InChI is InChI=1S/C16H17Cl3N2O4/c1-3-24-11-7-5-4-6-10(11)13-12(9(2)20-15(23)21-13)14(22)25-8-16(17,18)19/h4-7,12-13H,2-3,8H2,1H3,(H2,20,21,23). The predicted molar refractivity (Wildman–Crippen MR) is 95.9 cm³/mol. The van der Waals surface area contributed by atoms with Crippen LogP contribution in [0.4, 0.5) is 4.79 Å². The molecule has 0 saturated carbocycles. The number of nitrogens with one attached hydrogen (secondary N) is 2. The average molecular weight is 408 g/mol. The van der Waals surface area contributed by atoms with Gasteiger partial charge < -0.3 is 20.1 Å². The van der Waals surface area contributed by atoms with E-state index in [1.807, 2.05) is 6.92 Å². The van der Waals surface area contributed by atoms with Gasteiger partial charge in [0.05, 0.1) is 12.6 Å². The van der Waals surface area contributed by atoms with Crippen LogP contribution in [0.25, 0.3) is 0 Å². The van der Waals surface area contributed by atoms with E-state index in [-0.39, 0.29) is 5.70 Å². The Morgan fingerprint density at radius 2 is 2.00 bits per heavy atom. The number of halogens is 3. The third kappa shape index (κ3) is 5.17. The molecule has 2 N–H and O–H groups in total. The zero-order valence-corrected chi connectivity index (χ0v) is 15.6. The molecule has 0 aromatic heterocycles. The molecule has 1 saturated heterocycles. The third-order valence-corrected chi connectivity index (χ3v) is 3.78. The molecule has 6 nitrogen and oxygen atoms in total. The normalized spacial score (nSPS) is 20.5. The molecule has 0 radical (unpaired) electrons. The van der Waals surface area contributed by atoms with Gasteiger partial charge in [0.1, 0.15) is 18.3 Å². The highest BCUT2D eigenvalue weighted by Gasteiger charge is 2.40. The fourth-order valence-corrected chi connectivity index (χ4v) is 2.65. The van der Waals surface area contributed by atoms with Crippen molar-refractivity contribution in [2.45, 2.75) is 16.8 Å². The van der Waals surface area contributed by atoms with E-state index in [2.05, 4.69) is 17.2 Å². The van der Waals surface area contributed by atoms with Crippen molar-refractivity contribution in [1.29, 1.82) is 0 Å². The number of ether oxygens (including phenoxy) is 2. The fraction of sp³-hybridized carbons (Fsp3) is 0.375. The largest absolute Gasteiger partial charge is 0.494 e. The van der Waals surface area contributed by atoms with Gasteiger partial charge in [-0.05, 0) is 13.0 Å². The Labute approximate surface area is 160 Å². The van der Waals surface area contributed by atoms with E-state index in [0.717, 1.165) is 0 Å². The molecule has 1 aromatic rings. The van der Waals surface area contributed by atoms with Crippen LogP contribution in [-0.4, -0.2) is 29.0 Å². The summed E-state index contributed by atoms with van der Waals surface area (Å²) in [6.07, 6.45) is 0. The first-order valence-corrected chi connectivity index (χ1v) is 8.57.